The molecule has 0 bridgehead atoms. The van der Waals surface area contributed by atoms with Gasteiger partial charge < -0.3 is 15.4 Å². The Bertz CT molecular complexity index is 403. The minimum atomic E-state index is -0.0757. The summed E-state index contributed by atoms with van der Waals surface area (Å²) in [4.78, 5) is 11.0. The van der Waals surface area contributed by atoms with Crippen molar-refractivity contribution in [2.24, 2.45) is 5.92 Å². The molecule has 0 heterocycles. The van der Waals surface area contributed by atoms with Gasteiger partial charge in [-0.25, -0.2) is 0 Å². The van der Waals surface area contributed by atoms with Crippen LogP contribution >= 0.6 is 0 Å². The molecule has 0 saturated heterocycles. The number of ether oxygens (including phenoxy) is 1. The lowest BCUT2D eigenvalue weighted by Crippen LogP contribution is -2.08. The predicted octanol–water partition coefficient (Wildman–Crippen LogP) is 3.11. The Morgan fingerprint density at radius 3 is 2.67 bits per heavy atom. The van der Waals surface area contributed by atoms with Crippen molar-refractivity contribution in [3.05, 3.63) is 18.2 Å². The zero-order valence-electron chi connectivity index (χ0n) is 11.5. The van der Waals surface area contributed by atoms with Gasteiger partial charge >= 0.3 is 0 Å². The lowest BCUT2D eigenvalue weighted by Gasteiger charge is -2.14. The number of rotatable bonds is 6. The number of anilines is 2. The first-order chi connectivity index (χ1) is 8.52. The second-order valence-electron chi connectivity index (χ2n) is 4.71. The molecule has 0 atom stereocenters. The SMILES string of the molecule is COc1ccc(NC(C)=O)cc1NCCC(C)C. The molecular formula is C14H22N2O2. The Balaban J connectivity index is 2.75. The van der Waals surface area contributed by atoms with Gasteiger partial charge in [-0.3, -0.25) is 4.79 Å². The van der Waals surface area contributed by atoms with Gasteiger partial charge in [0.2, 0.25) is 5.91 Å². The molecule has 1 rings (SSSR count). The number of hydrogen-bond acceptors (Lipinski definition) is 3. The molecule has 2 N–H and O–H groups in total. The Morgan fingerprint density at radius 1 is 1.39 bits per heavy atom. The van der Waals surface area contributed by atoms with Crippen LogP contribution in [0.1, 0.15) is 27.2 Å². The summed E-state index contributed by atoms with van der Waals surface area (Å²) in [6, 6.07) is 5.57. The second kappa shape index (κ2) is 6.89. The molecule has 4 heteroatoms. The van der Waals surface area contributed by atoms with E-state index in [9.17, 15) is 4.79 Å². The molecule has 0 unspecified atom stereocenters. The van der Waals surface area contributed by atoms with E-state index < -0.39 is 0 Å². The van der Waals surface area contributed by atoms with E-state index in [0.717, 1.165) is 30.1 Å². The fraction of sp³-hybridized carbons (Fsp3) is 0.500. The molecule has 0 fully saturated rings. The Morgan fingerprint density at radius 2 is 2.11 bits per heavy atom. The van der Waals surface area contributed by atoms with Crippen molar-refractivity contribution in [1.29, 1.82) is 0 Å². The van der Waals surface area contributed by atoms with Crippen molar-refractivity contribution in [2.45, 2.75) is 27.2 Å². The second-order valence-corrected chi connectivity index (χ2v) is 4.71. The quantitative estimate of drug-likeness (QED) is 0.815. The van der Waals surface area contributed by atoms with E-state index in [4.69, 9.17) is 4.74 Å². The zero-order valence-corrected chi connectivity index (χ0v) is 11.5. The molecule has 0 saturated carbocycles. The largest absolute Gasteiger partial charge is 0.495 e. The maximum atomic E-state index is 11.0. The topological polar surface area (TPSA) is 50.4 Å². The van der Waals surface area contributed by atoms with E-state index >= 15 is 0 Å². The van der Waals surface area contributed by atoms with Crippen LogP contribution in [0.4, 0.5) is 11.4 Å². The first-order valence-electron chi connectivity index (χ1n) is 6.22. The normalized spacial score (nSPS) is 10.3. The third-order valence-electron chi connectivity index (χ3n) is 2.56. The predicted molar refractivity (Wildman–Crippen MR) is 75.2 cm³/mol. The molecule has 4 nitrogen and oxygen atoms in total. The van der Waals surface area contributed by atoms with Crippen molar-refractivity contribution >= 4 is 17.3 Å². The maximum absolute atomic E-state index is 11.0. The summed E-state index contributed by atoms with van der Waals surface area (Å²) in [5.74, 6) is 1.36. The molecular weight excluding hydrogens is 228 g/mol. The number of nitrogens with one attached hydrogen (secondary N) is 2. The van der Waals surface area contributed by atoms with Crippen LogP contribution in [0.3, 0.4) is 0 Å². The third-order valence-corrected chi connectivity index (χ3v) is 2.56. The van der Waals surface area contributed by atoms with Crippen molar-refractivity contribution in [1.82, 2.24) is 0 Å². The molecule has 0 aromatic heterocycles. The van der Waals surface area contributed by atoms with Crippen LogP contribution in [-0.2, 0) is 4.79 Å². The molecule has 1 aromatic rings. The molecule has 1 amide bonds. The van der Waals surface area contributed by atoms with Crippen molar-refractivity contribution in [2.75, 3.05) is 24.3 Å². The Labute approximate surface area is 109 Å². The van der Waals surface area contributed by atoms with E-state index in [1.165, 1.54) is 6.92 Å². The molecule has 0 aliphatic rings. The van der Waals surface area contributed by atoms with E-state index in [1.54, 1.807) is 7.11 Å². The number of amides is 1. The summed E-state index contributed by atoms with van der Waals surface area (Å²) in [5.41, 5.74) is 1.68. The average Bonchev–Trinajstić information content (AvgIpc) is 2.28. The van der Waals surface area contributed by atoms with Gasteiger partial charge in [-0.15, -0.1) is 0 Å². The highest BCUT2D eigenvalue weighted by Crippen LogP contribution is 2.27. The molecule has 0 spiro atoms. The molecule has 0 aliphatic carbocycles. The smallest absolute Gasteiger partial charge is 0.221 e. The zero-order chi connectivity index (χ0) is 13.5. The first-order valence-corrected chi connectivity index (χ1v) is 6.22. The first kappa shape index (κ1) is 14.4. The van der Waals surface area contributed by atoms with Crippen molar-refractivity contribution < 1.29 is 9.53 Å². The Kier molecular flexibility index (Phi) is 5.49. The van der Waals surface area contributed by atoms with E-state index in [0.29, 0.717) is 5.92 Å². The fourth-order valence-electron chi connectivity index (χ4n) is 1.62. The summed E-state index contributed by atoms with van der Waals surface area (Å²) >= 11 is 0. The molecule has 1 aromatic carbocycles. The standard InChI is InChI=1S/C14H22N2O2/c1-10(2)7-8-15-13-9-12(16-11(3)17)5-6-14(13)18-4/h5-6,9-10,15H,7-8H2,1-4H3,(H,16,17). The number of carbonyl (C=O) groups is 1. The number of methoxy groups -OCH3 is 1. The fourth-order valence-corrected chi connectivity index (χ4v) is 1.62. The van der Waals surface area contributed by atoms with Gasteiger partial charge in [0.05, 0.1) is 12.8 Å². The van der Waals surface area contributed by atoms with Gasteiger partial charge in [0.15, 0.2) is 0 Å². The van der Waals surface area contributed by atoms with Crippen LogP contribution in [0.15, 0.2) is 18.2 Å². The van der Waals surface area contributed by atoms with Crippen LogP contribution < -0.4 is 15.4 Å². The monoisotopic (exact) mass is 250 g/mol. The van der Waals surface area contributed by atoms with Crippen molar-refractivity contribution in [3.8, 4) is 5.75 Å². The van der Waals surface area contributed by atoms with Gasteiger partial charge in [0, 0.05) is 19.2 Å². The molecule has 0 aliphatic heterocycles. The molecule has 100 valence electrons. The summed E-state index contributed by atoms with van der Waals surface area (Å²) in [7, 11) is 1.64. The lowest BCUT2D eigenvalue weighted by molar-refractivity contribution is -0.114. The Hall–Kier alpha value is -1.71. The van der Waals surface area contributed by atoms with Gasteiger partial charge in [-0.2, -0.15) is 0 Å². The van der Waals surface area contributed by atoms with Crippen molar-refractivity contribution in [3.63, 3.8) is 0 Å². The van der Waals surface area contributed by atoms with Gasteiger partial charge in [-0.05, 0) is 30.5 Å². The van der Waals surface area contributed by atoms with E-state index in [-0.39, 0.29) is 5.91 Å². The number of benzene rings is 1. The van der Waals surface area contributed by atoms with Gasteiger partial charge in [-0.1, -0.05) is 13.8 Å². The third kappa shape index (κ3) is 4.65. The van der Waals surface area contributed by atoms with E-state index in [1.807, 2.05) is 18.2 Å². The van der Waals surface area contributed by atoms with Crippen LogP contribution in [0.2, 0.25) is 0 Å². The summed E-state index contributed by atoms with van der Waals surface area (Å²) in [6.45, 7) is 6.76. The number of carbonyl (C=O) groups excluding carboxylic acids is 1. The summed E-state index contributed by atoms with van der Waals surface area (Å²) < 4.78 is 5.29. The minimum absolute atomic E-state index is 0.0757. The lowest BCUT2D eigenvalue weighted by atomic mass is 10.1. The van der Waals surface area contributed by atoms with Gasteiger partial charge in [0.1, 0.15) is 5.75 Å². The molecule has 0 radical (unpaired) electrons. The maximum Gasteiger partial charge on any atom is 0.221 e. The average molecular weight is 250 g/mol. The van der Waals surface area contributed by atoms with Gasteiger partial charge in [0.25, 0.3) is 0 Å². The highest BCUT2D eigenvalue weighted by atomic mass is 16.5. The highest BCUT2D eigenvalue weighted by Gasteiger charge is 2.05. The van der Waals surface area contributed by atoms with Crippen LogP contribution in [-0.4, -0.2) is 19.6 Å². The molecule has 18 heavy (non-hydrogen) atoms. The van der Waals surface area contributed by atoms with Crippen LogP contribution in [0.5, 0.6) is 5.75 Å². The van der Waals surface area contributed by atoms with Crippen LogP contribution in [0.25, 0.3) is 0 Å². The highest BCUT2D eigenvalue weighted by molar-refractivity contribution is 5.89. The number of hydrogen-bond donors (Lipinski definition) is 2. The minimum Gasteiger partial charge on any atom is -0.495 e. The summed E-state index contributed by atoms with van der Waals surface area (Å²) in [5, 5.41) is 6.09. The summed E-state index contributed by atoms with van der Waals surface area (Å²) in [6.07, 6.45) is 1.09. The van der Waals surface area contributed by atoms with Crippen LogP contribution in [0, 0.1) is 5.92 Å². The van der Waals surface area contributed by atoms with E-state index in [2.05, 4.69) is 24.5 Å².